The van der Waals surface area contributed by atoms with Crippen molar-refractivity contribution in [3.8, 4) is 0 Å². The minimum absolute atomic E-state index is 0.306. The summed E-state index contributed by atoms with van der Waals surface area (Å²) in [4.78, 5) is 21.2. The van der Waals surface area contributed by atoms with Crippen molar-refractivity contribution >= 4 is 24.1 Å². The first kappa shape index (κ1) is 10.2. The molecule has 0 atom stereocenters. The van der Waals surface area contributed by atoms with E-state index < -0.39 is 5.54 Å². The SMILES string of the molecule is CNC(=O)C(C)(C)N(Cl)C=O. The van der Waals surface area contributed by atoms with Crippen molar-refractivity contribution in [1.82, 2.24) is 9.74 Å². The van der Waals surface area contributed by atoms with Crippen LogP contribution in [0.5, 0.6) is 0 Å². The Morgan fingerprint density at radius 1 is 1.64 bits per heavy atom. The van der Waals surface area contributed by atoms with Crippen molar-refractivity contribution < 1.29 is 9.59 Å². The van der Waals surface area contributed by atoms with Gasteiger partial charge in [-0.1, -0.05) is 0 Å². The molecule has 0 aromatic heterocycles. The van der Waals surface area contributed by atoms with Crippen LogP contribution in [-0.2, 0) is 9.59 Å². The molecule has 64 valence electrons. The second-order valence-corrected chi connectivity index (χ2v) is 2.92. The molecule has 0 aliphatic rings. The highest BCUT2D eigenvalue weighted by atomic mass is 35.5. The fourth-order valence-corrected chi connectivity index (χ4v) is 0.611. The summed E-state index contributed by atoms with van der Waals surface area (Å²) in [5.74, 6) is -0.306. The normalized spacial score (nSPS) is 10.5. The van der Waals surface area contributed by atoms with Gasteiger partial charge in [0.15, 0.2) is 0 Å². The maximum Gasteiger partial charge on any atom is 0.246 e. The van der Waals surface area contributed by atoms with Crippen molar-refractivity contribution in [2.75, 3.05) is 7.05 Å². The van der Waals surface area contributed by atoms with Crippen LogP contribution in [0.25, 0.3) is 0 Å². The van der Waals surface area contributed by atoms with Crippen LogP contribution in [0.4, 0.5) is 0 Å². The van der Waals surface area contributed by atoms with E-state index in [2.05, 4.69) is 5.32 Å². The molecule has 0 bridgehead atoms. The third-order valence-corrected chi connectivity index (χ3v) is 1.91. The van der Waals surface area contributed by atoms with Crippen LogP contribution in [0.3, 0.4) is 0 Å². The van der Waals surface area contributed by atoms with Crippen molar-refractivity contribution in [1.29, 1.82) is 0 Å². The molecule has 0 aromatic carbocycles. The minimum atomic E-state index is -1.00. The number of carbonyl (C=O) groups is 2. The number of carbonyl (C=O) groups excluding carboxylic acids is 2. The quantitative estimate of drug-likeness (QED) is 0.493. The highest BCUT2D eigenvalue weighted by Crippen LogP contribution is 2.14. The van der Waals surface area contributed by atoms with E-state index >= 15 is 0 Å². The summed E-state index contributed by atoms with van der Waals surface area (Å²) in [6.07, 6.45) is 0.400. The van der Waals surface area contributed by atoms with Gasteiger partial charge in [-0.3, -0.25) is 9.59 Å². The molecule has 0 aromatic rings. The van der Waals surface area contributed by atoms with Crippen LogP contribution >= 0.6 is 11.8 Å². The third kappa shape index (κ3) is 2.08. The van der Waals surface area contributed by atoms with Gasteiger partial charge in [0.05, 0.1) is 0 Å². The van der Waals surface area contributed by atoms with E-state index in [1.165, 1.54) is 7.05 Å². The lowest BCUT2D eigenvalue weighted by molar-refractivity contribution is -0.133. The van der Waals surface area contributed by atoms with Crippen molar-refractivity contribution in [3.63, 3.8) is 0 Å². The summed E-state index contributed by atoms with van der Waals surface area (Å²) >= 11 is 5.43. The number of amides is 2. The Hall–Kier alpha value is -0.770. The monoisotopic (exact) mass is 178 g/mol. The Balaban J connectivity index is 4.43. The first-order valence-corrected chi connectivity index (χ1v) is 3.43. The fourth-order valence-electron chi connectivity index (χ4n) is 0.535. The van der Waals surface area contributed by atoms with E-state index in [1.54, 1.807) is 13.8 Å². The van der Waals surface area contributed by atoms with E-state index in [9.17, 15) is 9.59 Å². The first-order valence-electron chi connectivity index (χ1n) is 3.09. The zero-order valence-electron chi connectivity index (χ0n) is 6.72. The predicted molar refractivity (Wildman–Crippen MR) is 41.9 cm³/mol. The van der Waals surface area contributed by atoms with Gasteiger partial charge in [0.2, 0.25) is 12.3 Å². The van der Waals surface area contributed by atoms with Crippen LogP contribution in [0.15, 0.2) is 0 Å². The zero-order valence-corrected chi connectivity index (χ0v) is 7.47. The van der Waals surface area contributed by atoms with Gasteiger partial charge in [0, 0.05) is 18.8 Å². The van der Waals surface area contributed by atoms with Crippen LogP contribution in [-0.4, -0.2) is 29.3 Å². The lowest BCUT2D eigenvalue weighted by Crippen LogP contribution is -2.49. The van der Waals surface area contributed by atoms with Gasteiger partial charge in [0.1, 0.15) is 5.54 Å². The lowest BCUT2D eigenvalue weighted by atomic mass is 10.1. The molecule has 0 heterocycles. The van der Waals surface area contributed by atoms with Gasteiger partial charge in [-0.25, -0.2) is 4.42 Å². The van der Waals surface area contributed by atoms with Crippen molar-refractivity contribution in [3.05, 3.63) is 0 Å². The van der Waals surface area contributed by atoms with E-state index in [4.69, 9.17) is 11.8 Å². The Bertz CT molecular complexity index is 170. The van der Waals surface area contributed by atoms with Crippen LogP contribution in [0.2, 0.25) is 0 Å². The van der Waals surface area contributed by atoms with Crippen molar-refractivity contribution in [2.45, 2.75) is 19.4 Å². The molecule has 0 unspecified atom stereocenters. The fraction of sp³-hybridized carbons (Fsp3) is 0.667. The standard InChI is InChI=1S/C6H11ClN2O2/c1-6(2,5(11)8-3)9(7)4-10/h4H,1-3H3,(H,8,11). The molecule has 0 saturated heterocycles. The van der Waals surface area contributed by atoms with E-state index in [-0.39, 0.29) is 5.91 Å². The second-order valence-electron chi connectivity index (χ2n) is 2.55. The molecule has 1 N–H and O–H groups in total. The molecule has 0 rings (SSSR count). The van der Waals surface area contributed by atoms with Gasteiger partial charge in [-0.15, -0.1) is 0 Å². The Kier molecular flexibility index (Phi) is 3.32. The molecular weight excluding hydrogens is 168 g/mol. The molecule has 11 heavy (non-hydrogen) atoms. The van der Waals surface area contributed by atoms with E-state index in [0.717, 1.165) is 4.42 Å². The maximum atomic E-state index is 11.0. The van der Waals surface area contributed by atoms with E-state index in [1.807, 2.05) is 0 Å². The topological polar surface area (TPSA) is 49.4 Å². The largest absolute Gasteiger partial charge is 0.357 e. The van der Waals surface area contributed by atoms with Crippen LogP contribution < -0.4 is 5.32 Å². The van der Waals surface area contributed by atoms with Crippen molar-refractivity contribution in [2.24, 2.45) is 0 Å². The number of rotatable bonds is 3. The summed E-state index contributed by atoms with van der Waals surface area (Å²) in [6.45, 7) is 3.10. The van der Waals surface area contributed by atoms with Gasteiger partial charge in [-0.05, 0) is 13.8 Å². The highest BCUT2D eigenvalue weighted by Gasteiger charge is 2.32. The predicted octanol–water partition coefficient (Wildman–Crippen LogP) is 0.123. The average Bonchev–Trinajstić information content (AvgIpc) is 2.01. The van der Waals surface area contributed by atoms with Gasteiger partial charge < -0.3 is 5.32 Å². The number of nitrogens with zero attached hydrogens (tertiary/aromatic N) is 1. The minimum Gasteiger partial charge on any atom is -0.357 e. The molecule has 0 aliphatic carbocycles. The van der Waals surface area contributed by atoms with E-state index in [0.29, 0.717) is 6.41 Å². The molecule has 0 aliphatic heterocycles. The highest BCUT2D eigenvalue weighted by molar-refractivity contribution is 6.20. The summed E-state index contributed by atoms with van der Waals surface area (Å²) < 4.78 is 0.797. The number of likely N-dealkylation sites (N-methyl/N-ethyl adjacent to an activating group) is 1. The first-order chi connectivity index (χ1) is 4.96. The van der Waals surface area contributed by atoms with Gasteiger partial charge in [-0.2, -0.15) is 0 Å². The Morgan fingerprint density at radius 2 is 2.09 bits per heavy atom. The maximum absolute atomic E-state index is 11.0. The Morgan fingerprint density at radius 3 is 2.36 bits per heavy atom. The molecule has 0 spiro atoms. The molecule has 0 radical (unpaired) electrons. The number of halogens is 1. The molecule has 2 amide bonds. The average molecular weight is 179 g/mol. The number of hydrogen-bond donors (Lipinski definition) is 1. The molecule has 4 nitrogen and oxygen atoms in total. The summed E-state index contributed by atoms with van der Waals surface area (Å²) in [7, 11) is 1.49. The third-order valence-electron chi connectivity index (χ3n) is 1.41. The molecule has 5 heteroatoms. The molecule has 0 fully saturated rings. The number of hydrogen-bond acceptors (Lipinski definition) is 2. The summed E-state index contributed by atoms with van der Waals surface area (Å²) in [5, 5.41) is 2.40. The second kappa shape index (κ2) is 3.57. The smallest absolute Gasteiger partial charge is 0.246 e. The summed E-state index contributed by atoms with van der Waals surface area (Å²) in [5.41, 5.74) is -1.00. The lowest BCUT2D eigenvalue weighted by Gasteiger charge is -2.27. The van der Waals surface area contributed by atoms with Gasteiger partial charge >= 0.3 is 0 Å². The zero-order chi connectivity index (χ0) is 9.07. The Labute approximate surface area is 70.6 Å². The number of nitrogens with one attached hydrogen (secondary N) is 1. The molecule has 0 saturated carbocycles. The van der Waals surface area contributed by atoms with Gasteiger partial charge in [0.25, 0.3) is 0 Å². The van der Waals surface area contributed by atoms with Crippen LogP contribution in [0.1, 0.15) is 13.8 Å². The summed E-state index contributed by atoms with van der Waals surface area (Å²) in [6, 6.07) is 0. The molecular formula is C6H11ClN2O2. The van der Waals surface area contributed by atoms with Crippen LogP contribution in [0, 0.1) is 0 Å².